The van der Waals surface area contributed by atoms with E-state index in [0.717, 1.165) is 17.3 Å². The zero-order valence-corrected chi connectivity index (χ0v) is 14.6. The minimum atomic E-state index is -1.71. The topological polar surface area (TPSA) is 26.3 Å². The third-order valence-electron chi connectivity index (χ3n) is 4.23. The summed E-state index contributed by atoms with van der Waals surface area (Å²) < 4.78 is 6.08. The van der Waals surface area contributed by atoms with Crippen LogP contribution in [0.4, 0.5) is 4.79 Å². The largest absolute Gasteiger partial charge is 0.451 e. The molecule has 0 aliphatic heterocycles. The quantitative estimate of drug-likeness (QED) is 0.692. The minimum Gasteiger partial charge on any atom is -0.420 e. The van der Waals surface area contributed by atoms with Gasteiger partial charge in [0.25, 0.3) is 0 Å². The van der Waals surface area contributed by atoms with Gasteiger partial charge in [-0.1, -0.05) is 60.7 Å². The van der Waals surface area contributed by atoms with Crippen LogP contribution in [-0.2, 0) is 10.3 Å². The fraction of sp³-hybridized carbons (Fsp3) is 0.316. The van der Waals surface area contributed by atoms with Gasteiger partial charge in [-0.25, -0.2) is 4.79 Å². The lowest BCUT2D eigenvalue weighted by atomic mass is 9.88. The smallest absolute Gasteiger partial charge is 0.420 e. The molecule has 2 nitrogen and oxygen atoms in total. The van der Waals surface area contributed by atoms with Crippen molar-refractivity contribution in [2.24, 2.45) is 0 Å². The average Bonchev–Trinajstić information content (AvgIpc) is 2.56. The maximum Gasteiger partial charge on any atom is 0.451 e. The van der Waals surface area contributed by atoms with Gasteiger partial charge in [0.05, 0.1) is 19.5 Å². The molecule has 0 atom stereocenters. The Kier molecular flexibility index (Phi) is 5.03. The molecule has 0 saturated heterocycles. The Morgan fingerprint density at radius 2 is 1.36 bits per heavy atom. The van der Waals surface area contributed by atoms with Crippen LogP contribution in [0.1, 0.15) is 25.0 Å². The van der Waals surface area contributed by atoms with E-state index in [1.54, 1.807) is 0 Å². The van der Waals surface area contributed by atoms with Crippen molar-refractivity contribution < 1.29 is 9.53 Å². The maximum absolute atomic E-state index is 12.7. The Morgan fingerprint density at radius 1 is 0.955 bits per heavy atom. The molecule has 0 amide bonds. The number of carbonyl (C=O) groups excluding carboxylic acids is 1. The molecule has 0 saturated carbocycles. The van der Waals surface area contributed by atoms with E-state index in [2.05, 4.69) is 6.92 Å². The fourth-order valence-electron chi connectivity index (χ4n) is 2.22. The van der Waals surface area contributed by atoms with Crippen molar-refractivity contribution >= 4 is 13.0 Å². The highest BCUT2D eigenvalue weighted by Crippen LogP contribution is 2.54. The van der Waals surface area contributed by atoms with Crippen LogP contribution in [0.15, 0.2) is 60.7 Å². The summed E-state index contributed by atoms with van der Waals surface area (Å²) >= 11 is 0. The first-order chi connectivity index (χ1) is 10.4. The van der Waals surface area contributed by atoms with Crippen molar-refractivity contribution in [1.82, 2.24) is 0 Å². The van der Waals surface area contributed by atoms with Gasteiger partial charge in [0.15, 0.2) is 5.60 Å². The van der Waals surface area contributed by atoms with E-state index in [1.807, 2.05) is 80.9 Å². The van der Waals surface area contributed by atoms with Crippen LogP contribution in [0.5, 0.6) is 0 Å². The number of rotatable bonds is 5. The summed E-state index contributed by atoms with van der Waals surface area (Å²) in [7, 11) is -1.71. The van der Waals surface area contributed by atoms with Crippen LogP contribution in [0.25, 0.3) is 0 Å². The molecule has 22 heavy (non-hydrogen) atoms. The number of benzene rings is 2. The van der Waals surface area contributed by atoms with Crippen molar-refractivity contribution in [2.75, 3.05) is 19.5 Å². The molecule has 0 fully saturated rings. The molecule has 0 aliphatic rings. The standard InChI is InChI=1S/C19H24O2P/c1-5-22(3,4)18(20)21-19(2,16-12-8-6-9-13-16)17-14-10-7-11-15-17/h6-15H,5H2,1-4H3/q+1. The summed E-state index contributed by atoms with van der Waals surface area (Å²) in [5, 5.41) is 0. The van der Waals surface area contributed by atoms with E-state index in [9.17, 15) is 4.79 Å². The molecule has 2 rings (SSSR count). The van der Waals surface area contributed by atoms with Crippen molar-refractivity contribution in [3.63, 3.8) is 0 Å². The van der Waals surface area contributed by atoms with Crippen molar-refractivity contribution in [3.05, 3.63) is 71.8 Å². The number of ether oxygens (including phenoxy) is 1. The molecule has 0 heterocycles. The molecule has 0 radical (unpaired) electrons. The molecule has 0 aliphatic carbocycles. The fourth-order valence-corrected chi connectivity index (χ4v) is 2.91. The average molecular weight is 315 g/mol. The summed E-state index contributed by atoms with van der Waals surface area (Å²) in [5.74, 6) is 0. The van der Waals surface area contributed by atoms with Crippen LogP contribution in [0.3, 0.4) is 0 Å². The van der Waals surface area contributed by atoms with Gasteiger partial charge in [-0.2, -0.15) is 0 Å². The second-order valence-corrected chi connectivity index (χ2v) is 10.5. The van der Waals surface area contributed by atoms with Crippen LogP contribution in [-0.4, -0.2) is 25.2 Å². The lowest BCUT2D eigenvalue weighted by Crippen LogP contribution is -2.31. The van der Waals surface area contributed by atoms with Gasteiger partial charge in [0.2, 0.25) is 0 Å². The van der Waals surface area contributed by atoms with E-state index in [1.165, 1.54) is 0 Å². The maximum atomic E-state index is 12.7. The highest BCUT2D eigenvalue weighted by molar-refractivity contribution is 7.89. The molecule has 0 bridgehead atoms. The van der Waals surface area contributed by atoms with Crippen LogP contribution < -0.4 is 0 Å². The Bertz CT molecular complexity index is 581. The molecule has 0 N–H and O–H groups in total. The summed E-state index contributed by atoms with van der Waals surface area (Å²) in [6.07, 6.45) is 0.853. The first-order valence-electron chi connectivity index (χ1n) is 7.58. The monoisotopic (exact) mass is 315 g/mol. The van der Waals surface area contributed by atoms with E-state index in [0.29, 0.717) is 0 Å². The number of carbonyl (C=O) groups is 1. The van der Waals surface area contributed by atoms with Crippen molar-refractivity contribution in [3.8, 4) is 0 Å². The van der Waals surface area contributed by atoms with Crippen LogP contribution in [0.2, 0.25) is 0 Å². The van der Waals surface area contributed by atoms with E-state index in [4.69, 9.17) is 4.74 Å². The Morgan fingerprint density at radius 3 is 1.73 bits per heavy atom. The van der Waals surface area contributed by atoms with Gasteiger partial charge in [0, 0.05) is 0 Å². The van der Waals surface area contributed by atoms with E-state index < -0.39 is 12.9 Å². The summed E-state index contributed by atoms with van der Waals surface area (Å²) in [6.45, 7) is 8.10. The Hall–Kier alpha value is -1.66. The second-order valence-electron chi connectivity index (χ2n) is 6.13. The molecule has 0 unspecified atom stereocenters. The van der Waals surface area contributed by atoms with Gasteiger partial charge in [-0.05, 0) is 25.0 Å². The first-order valence-corrected chi connectivity index (χ1v) is 10.4. The van der Waals surface area contributed by atoms with Crippen molar-refractivity contribution in [1.29, 1.82) is 0 Å². The van der Waals surface area contributed by atoms with Crippen LogP contribution >= 0.6 is 7.26 Å². The molecule has 2 aromatic carbocycles. The number of hydrogen-bond donors (Lipinski definition) is 0. The van der Waals surface area contributed by atoms with E-state index >= 15 is 0 Å². The first kappa shape index (κ1) is 16.7. The number of hydrogen-bond acceptors (Lipinski definition) is 2. The predicted octanol–water partition coefficient (Wildman–Crippen LogP) is 5.38. The van der Waals surface area contributed by atoms with Gasteiger partial charge >= 0.3 is 5.71 Å². The molecule has 2 aromatic rings. The van der Waals surface area contributed by atoms with Crippen LogP contribution in [0, 0.1) is 0 Å². The Balaban J connectivity index is 2.46. The van der Waals surface area contributed by atoms with E-state index in [-0.39, 0.29) is 5.71 Å². The van der Waals surface area contributed by atoms with Crippen molar-refractivity contribution in [2.45, 2.75) is 19.4 Å². The van der Waals surface area contributed by atoms with Gasteiger partial charge in [-0.3, -0.25) is 0 Å². The molecule has 116 valence electrons. The predicted molar refractivity (Wildman–Crippen MR) is 95.1 cm³/mol. The molecular weight excluding hydrogens is 291 g/mol. The summed E-state index contributed by atoms with van der Waals surface area (Å²) in [6, 6.07) is 19.9. The molecule has 0 aromatic heterocycles. The zero-order valence-electron chi connectivity index (χ0n) is 13.7. The third kappa shape index (κ3) is 3.39. The summed E-state index contributed by atoms with van der Waals surface area (Å²) in [4.78, 5) is 12.7. The lowest BCUT2D eigenvalue weighted by molar-refractivity contribution is 0.0721. The minimum absolute atomic E-state index is 0.0646. The molecule has 3 heteroatoms. The molecular formula is C19H24O2P+. The SMILES string of the molecule is CC[P+](C)(C)C(=O)OC(C)(c1ccccc1)c1ccccc1. The van der Waals surface area contributed by atoms with Gasteiger partial charge < -0.3 is 4.74 Å². The van der Waals surface area contributed by atoms with Gasteiger partial charge in [-0.15, -0.1) is 0 Å². The molecule has 0 spiro atoms. The Labute approximate surface area is 133 Å². The second kappa shape index (κ2) is 6.62. The highest BCUT2D eigenvalue weighted by Gasteiger charge is 2.42. The van der Waals surface area contributed by atoms with Gasteiger partial charge in [0.1, 0.15) is 7.26 Å². The zero-order chi connectivity index (χ0) is 16.2. The highest BCUT2D eigenvalue weighted by atomic mass is 31.2. The third-order valence-corrected chi connectivity index (χ3v) is 6.89. The normalized spacial score (nSPS) is 12.0. The lowest BCUT2D eigenvalue weighted by Gasteiger charge is -2.31. The summed E-state index contributed by atoms with van der Waals surface area (Å²) in [5.41, 5.74) is 1.16.